The Balaban J connectivity index is 0.000000396. The molecule has 1 aromatic rings. The third-order valence-corrected chi connectivity index (χ3v) is 2.33. The van der Waals surface area contributed by atoms with Crippen molar-refractivity contribution in [3.63, 3.8) is 0 Å². The molecule has 0 fully saturated rings. The number of carboxylic acid groups (broad SMARTS) is 2. The molecule has 0 atom stereocenters. The lowest BCUT2D eigenvalue weighted by Crippen LogP contribution is -2.19. The number of aliphatic carboxylic acids is 2. The smallest absolute Gasteiger partial charge is 0.317 e. The van der Waals surface area contributed by atoms with Crippen molar-refractivity contribution in [2.45, 2.75) is 6.92 Å². The van der Waals surface area contributed by atoms with Crippen molar-refractivity contribution >= 4 is 11.9 Å². The van der Waals surface area contributed by atoms with Gasteiger partial charge < -0.3 is 24.4 Å². The summed E-state index contributed by atoms with van der Waals surface area (Å²) in [6.45, 7) is 1.12. The predicted octanol–water partition coefficient (Wildman–Crippen LogP) is 1.50. The highest BCUT2D eigenvalue weighted by atomic mass is 16.5. The van der Waals surface area contributed by atoms with Gasteiger partial charge in [-0.3, -0.25) is 9.59 Å². The van der Waals surface area contributed by atoms with Crippen LogP contribution in [0.15, 0.2) is 18.2 Å². The molecule has 0 amide bonds. The van der Waals surface area contributed by atoms with E-state index in [0.29, 0.717) is 11.5 Å². The molecule has 1 aromatic carbocycles. The van der Waals surface area contributed by atoms with Crippen LogP contribution in [-0.4, -0.2) is 43.5 Å². The van der Waals surface area contributed by atoms with Crippen molar-refractivity contribution in [3.05, 3.63) is 18.2 Å². The van der Waals surface area contributed by atoms with Crippen LogP contribution in [0.2, 0.25) is 0 Å². The fourth-order valence-electron chi connectivity index (χ4n) is 1.05. The summed E-state index contributed by atoms with van der Waals surface area (Å²) in [4.78, 5) is 19.5. The highest BCUT2D eigenvalue weighted by Gasteiger charge is 2.18. The molecule has 7 heteroatoms. The number of methoxy groups -OCH3 is 3. The number of hydrogen-bond acceptors (Lipinski definition) is 5. The summed E-state index contributed by atoms with van der Waals surface area (Å²) in [6, 6.07) is 5.40. The minimum absolute atomic E-state index is 0.678. The van der Waals surface area contributed by atoms with Crippen LogP contribution < -0.4 is 14.2 Å². The summed E-state index contributed by atoms with van der Waals surface area (Å²) in [6.07, 6.45) is 0. The minimum atomic E-state index is -1.31. The van der Waals surface area contributed by atoms with Crippen LogP contribution in [0.1, 0.15) is 6.92 Å². The van der Waals surface area contributed by atoms with Gasteiger partial charge in [0.15, 0.2) is 17.4 Å². The quantitative estimate of drug-likeness (QED) is 0.791. The van der Waals surface area contributed by atoms with E-state index in [1.807, 2.05) is 6.07 Å². The number of ether oxygens (including phenoxy) is 3. The second kappa shape index (κ2) is 8.63. The van der Waals surface area contributed by atoms with Gasteiger partial charge in [-0.25, -0.2) is 0 Å². The molecule has 0 radical (unpaired) electrons. The summed E-state index contributed by atoms with van der Waals surface area (Å²) in [7, 11) is 4.81. The van der Waals surface area contributed by atoms with E-state index in [1.54, 1.807) is 33.5 Å². The molecule has 0 aliphatic carbocycles. The number of benzene rings is 1. The lowest BCUT2D eigenvalue weighted by atomic mass is 10.2. The SMILES string of the molecule is CC(C(=O)O)C(=O)O.COc1ccc(OC)c(OC)c1. The Bertz CT molecular complexity index is 442. The van der Waals surface area contributed by atoms with Crippen LogP contribution in [0, 0.1) is 5.92 Å². The van der Waals surface area contributed by atoms with E-state index in [1.165, 1.54) is 0 Å². The van der Waals surface area contributed by atoms with E-state index in [2.05, 4.69) is 0 Å². The van der Waals surface area contributed by atoms with Gasteiger partial charge in [0.05, 0.1) is 21.3 Å². The molecule has 0 saturated carbocycles. The second-order valence-electron chi connectivity index (χ2n) is 3.62. The van der Waals surface area contributed by atoms with Crippen LogP contribution >= 0.6 is 0 Å². The molecule has 1 rings (SSSR count). The predicted molar refractivity (Wildman–Crippen MR) is 70.5 cm³/mol. The van der Waals surface area contributed by atoms with Gasteiger partial charge in [-0.05, 0) is 19.1 Å². The van der Waals surface area contributed by atoms with Gasteiger partial charge in [0.25, 0.3) is 0 Å². The van der Waals surface area contributed by atoms with Crippen molar-refractivity contribution in [2.24, 2.45) is 5.92 Å². The van der Waals surface area contributed by atoms with E-state index >= 15 is 0 Å². The van der Waals surface area contributed by atoms with Crippen LogP contribution in [0.4, 0.5) is 0 Å². The molecular formula is C13H18O7. The van der Waals surface area contributed by atoms with Gasteiger partial charge >= 0.3 is 11.9 Å². The first-order valence-corrected chi connectivity index (χ1v) is 5.59. The van der Waals surface area contributed by atoms with Crippen LogP contribution in [-0.2, 0) is 9.59 Å². The first-order chi connectivity index (χ1) is 9.37. The Morgan fingerprint density at radius 2 is 1.45 bits per heavy atom. The summed E-state index contributed by atoms with van der Waals surface area (Å²) in [5, 5.41) is 15.9. The number of rotatable bonds is 5. The maximum absolute atomic E-state index is 9.76. The highest BCUT2D eigenvalue weighted by Crippen LogP contribution is 2.30. The van der Waals surface area contributed by atoms with Crippen molar-refractivity contribution < 1.29 is 34.0 Å². The second-order valence-corrected chi connectivity index (χ2v) is 3.62. The molecule has 0 aliphatic heterocycles. The van der Waals surface area contributed by atoms with Gasteiger partial charge in [-0.15, -0.1) is 0 Å². The Morgan fingerprint density at radius 1 is 0.950 bits per heavy atom. The topological polar surface area (TPSA) is 102 Å². The van der Waals surface area contributed by atoms with Crippen molar-refractivity contribution in [2.75, 3.05) is 21.3 Å². The maximum Gasteiger partial charge on any atom is 0.317 e. The largest absolute Gasteiger partial charge is 0.497 e. The molecule has 0 aromatic heterocycles. The fourth-order valence-corrected chi connectivity index (χ4v) is 1.05. The average Bonchev–Trinajstić information content (AvgIpc) is 2.45. The average molecular weight is 286 g/mol. The monoisotopic (exact) mass is 286 g/mol. The molecule has 112 valence electrons. The number of carbonyl (C=O) groups is 2. The minimum Gasteiger partial charge on any atom is -0.497 e. The summed E-state index contributed by atoms with van der Waals surface area (Å²) in [5.41, 5.74) is 0. The Morgan fingerprint density at radius 3 is 1.75 bits per heavy atom. The van der Waals surface area contributed by atoms with Gasteiger partial charge in [0.1, 0.15) is 5.75 Å². The Kier molecular flexibility index (Phi) is 7.57. The van der Waals surface area contributed by atoms with E-state index in [4.69, 9.17) is 24.4 Å². The zero-order valence-electron chi connectivity index (χ0n) is 11.7. The Hall–Kier alpha value is -2.44. The van der Waals surface area contributed by atoms with E-state index in [-0.39, 0.29) is 0 Å². The van der Waals surface area contributed by atoms with E-state index in [9.17, 15) is 9.59 Å². The molecule has 0 spiro atoms. The van der Waals surface area contributed by atoms with Gasteiger partial charge in [0, 0.05) is 6.07 Å². The van der Waals surface area contributed by atoms with Gasteiger partial charge in [-0.2, -0.15) is 0 Å². The zero-order chi connectivity index (χ0) is 15.7. The molecule has 0 saturated heterocycles. The molecule has 0 bridgehead atoms. The maximum atomic E-state index is 9.76. The van der Waals surface area contributed by atoms with Gasteiger partial charge in [-0.1, -0.05) is 0 Å². The van der Waals surface area contributed by atoms with Gasteiger partial charge in [0.2, 0.25) is 0 Å². The van der Waals surface area contributed by atoms with Crippen LogP contribution in [0.5, 0.6) is 17.2 Å². The van der Waals surface area contributed by atoms with Crippen LogP contribution in [0.3, 0.4) is 0 Å². The van der Waals surface area contributed by atoms with E-state index in [0.717, 1.165) is 12.7 Å². The molecule has 7 nitrogen and oxygen atoms in total. The van der Waals surface area contributed by atoms with Crippen molar-refractivity contribution in [1.82, 2.24) is 0 Å². The molecule has 2 N–H and O–H groups in total. The molecule has 20 heavy (non-hydrogen) atoms. The molecule has 0 aliphatic rings. The van der Waals surface area contributed by atoms with Crippen molar-refractivity contribution in [3.8, 4) is 17.2 Å². The highest BCUT2D eigenvalue weighted by molar-refractivity contribution is 5.92. The number of carboxylic acids is 2. The fraction of sp³-hybridized carbons (Fsp3) is 0.385. The summed E-state index contributed by atoms with van der Waals surface area (Å²) >= 11 is 0. The lowest BCUT2D eigenvalue weighted by molar-refractivity contribution is -0.153. The third kappa shape index (κ3) is 5.47. The summed E-state index contributed by atoms with van der Waals surface area (Å²) < 4.78 is 15.1. The zero-order valence-corrected chi connectivity index (χ0v) is 11.7. The normalized spacial score (nSPS) is 9.25. The molecular weight excluding hydrogens is 268 g/mol. The lowest BCUT2D eigenvalue weighted by Gasteiger charge is -2.08. The molecule has 0 heterocycles. The third-order valence-electron chi connectivity index (χ3n) is 2.33. The number of hydrogen-bond donors (Lipinski definition) is 2. The van der Waals surface area contributed by atoms with E-state index < -0.39 is 17.9 Å². The molecule has 0 unspecified atom stereocenters. The van der Waals surface area contributed by atoms with Crippen LogP contribution in [0.25, 0.3) is 0 Å². The first kappa shape index (κ1) is 17.6. The first-order valence-electron chi connectivity index (χ1n) is 5.59. The Labute approximate surface area is 116 Å². The summed E-state index contributed by atoms with van der Waals surface area (Å²) in [5.74, 6) is -1.77. The standard InChI is InChI=1S/C9H12O3.C4H6O4/c1-10-7-4-5-8(11-2)9(6-7)12-3;1-2(3(5)6)4(7)8/h4-6H,1-3H3;2H,1H3,(H,5,6)(H,7,8). The van der Waals surface area contributed by atoms with Crippen molar-refractivity contribution in [1.29, 1.82) is 0 Å².